The number of aliphatic hydroxyl groups excluding tert-OH is 3. The van der Waals surface area contributed by atoms with Crippen molar-refractivity contribution in [3.05, 3.63) is 0 Å². The predicted molar refractivity (Wildman–Crippen MR) is 52.7 cm³/mol. The fourth-order valence-electron chi connectivity index (χ4n) is 1.60. The van der Waals surface area contributed by atoms with Crippen LogP contribution in [0.25, 0.3) is 0 Å². The lowest BCUT2D eigenvalue weighted by atomic mass is 9.96. The molecule has 0 aromatic rings. The summed E-state index contributed by atoms with van der Waals surface area (Å²) in [6.45, 7) is 0.876. The summed E-state index contributed by atoms with van der Waals surface area (Å²) in [4.78, 5) is 21.5. The number of ether oxygens (including phenoxy) is 1. The molecule has 0 aromatic heterocycles. The molecule has 8 heteroatoms. The Labute approximate surface area is 96.8 Å². The highest BCUT2D eigenvalue weighted by Gasteiger charge is 2.45. The third kappa shape index (κ3) is 3.13. The van der Waals surface area contributed by atoms with Crippen LogP contribution in [-0.4, -0.2) is 63.4 Å². The number of carboxylic acid groups (broad SMARTS) is 1. The van der Waals surface area contributed by atoms with Gasteiger partial charge in [0, 0.05) is 5.92 Å². The van der Waals surface area contributed by atoms with Gasteiger partial charge in [-0.05, 0) is 0 Å². The van der Waals surface area contributed by atoms with Crippen LogP contribution in [-0.2, 0) is 14.3 Å². The van der Waals surface area contributed by atoms with Crippen LogP contribution in [0.5, 0.6) is 0 Å². The maximum absolute atomic E-state index is 11.3. The number of carboxylic acids is 1. The molecule has 0 aromatic carbocycles. The Hall–Kier alpha value is -1.22. The molecule has 17 heavy (non-hydrogen) atoms. The van der Waals surface area contributed by atoms with Crippen LogP contribution in [0.1, 0.15) is 6.92 Å². The van der Waals surface area contributed by atoms with Gasteiger partial charge in [-0.3, -0.25) is 9.59 Å². The number of aliphatic carboxylic acids is 1. The molecule has 98 valence electrons. The number of carbonyl (C=O) groups excluding carboxylic acids is 1. The Kier molecular flexibility index (Phi) is 4.40. The molecule has 1 saturated heterocycles. The first kappa shape index (κ1) is 13.8. The van der Waals surface area contributed by atoms with Crippen molar-refractivity contribution >= 4 is 11.9 Å². The Morgan fingerprint density at radius 3 is 2.41 bits per heavy atom. The first-order chi connectivity index (χ1) is 7.84. The second-order valence-corrected chi connectivity index (χ2v) is 3.90. The molecule has 0 saturated carbocycles. The van der Waals surface area contributed by atoms with Crippen molar-refractivity contribution in [3.63, 3.8) is 0 Å². The van der Waals surface area contributed by atoms with E-state index in [0.717, 1.165) is 0 Å². The van der Waals surface area contributed by atoms with Crippen molar-refractivity contribution in [1.29, 1.82) is 0 Å². The van der Waals surface area contributed by atoms with Crippen molar-refractivity contribution in [1.82, 2.24) is 5.32 Å². The molecule has 1 rings (SSSR count). The molecule has 8 nitrogen and oxygen atoms in total. The molecule has 1 aliphatic rings. The van der Waals surface area contributed by atoms with Crippen LogP contribution < -0.4 is 5.32 Å². The highest BCUT2D eigenvalue weighted by Crippen LogP contribution is 2.27. The molecule has 0 aliphatic carbocycles. The number of hydrogen-bond donors (Lipinski definition) is 5. The molecule has 1 aliphatic heterocycles. The Morgan fingerprint density at radius 1 is 1.41 bits per heavy atom. The number of aliphatic hydroxyl groups is 3. The van der Waals surface area contributed by atoms with E-state index in [2.05, 4.69) is 0 Å². The number of amides is 1. The van der Waals surface area contributed by atoms with Gasteiger partial charge in [-0.2, -0.15) is 0 Å². The van der Waals surface area contributed by atoms with Gasteiger partial charge >= 0.3 is 5.97 Å². The lowest BCUT2D eigenvalue weighted by molar-refractivity contribution is -0.158. The van der Waals surface area contributed by atoms with E-state index in [1.165, 1.54) is 6.92 Å². The first-order valence-electron chi connectivity index (χ1n) is 5.03. The molecule has 5 atom stereocenters. The van der Waals surface area contributed by atoms with Gasteiger partial charge in [-0.1, -0.05) is 6.92 Å². The molecule has 1 amide bonds. The van der Waals surface area contributed by atoms with E-state index in [9.17, 15) is 24.9 Å². The van der Waals surface area contributed by atoms with Crippen molar-refractivity contribution < 1.29 is 34.8 Å². The lowest BCUT2D eigenvalue weighted by Crippen LogP contribution is -2.46. The summed E-state index contributed by atoms with van der Waals surface area (Å²) >= 11 is 0. The quantitative estimate of drug-likeness (QED) is 0.364. The zero-order valence-corrected chi connectivity index (χ0v) is 9.11. The smallest absolute Gasteiger partial charge is 0.322 e. The van der Waals surface area contributed by atoms with Gasteiger partial charge in [0.15, 0.2) is 12.4 Å². The second-order valence-electron chi connectivity index (χ2n) is 3.90. The van der Waals surface area contributed by atoms with Gasteiger partial charge in [0.2, 0.25) is 0 Å². The van der Waals surface area contributed by atoms with E-state index >= 15 is 0 Å². The van der Waals surface area contributed by atoms with Gasteiger partial charge in [0.05, 0.1) is 0 Å². The van der Waals surface area contributed by atoms with Gasteiger partial charge in [0.25, 0.3) is 5.91 Å². The zero-order valence-electron chi connectivity index (χ0n) is 9.11. The summed E-state index contributed by atoms with van der Waals surface area (Å²) < 4.78 is 4.82. The topological polar surface area (TPSA) is 136 Å². The molecule has 0 spiro atoms. The maximum Gasteiger partial charge on any atom is 0.322 e. The summed E-state index contributed by atoms with van der Waals surface area (Å²) in [5, 5.41) is 38.5. The minimum Gasteiger partial charge on any atom is -0.480 e. The lowest BCUT2D eigenvalue weighted by Gasteiger charge is -2.20. The van der Waals surface area contributed by atoms with Gasteiger partial charge in [-0.15, -0.1) is 0 Å². The average molecular weight is 249 g/mol. The third-order valence-electron chi connectivity index (χ3n) is 2.64. The van der Waals surface area contributed by atoms with E-state index in [0.29, 0.717) is 0 Å². The fourth-order valence-corrected chi connectivity index (χ4v) is 1.60. The molecule has 1 heterocycles. The van der Waals surface area contributed by atoms with Crippen LogP contribution >= 0.6 is 0 Å². The Morgan fingerprint density at radius 2 is 2.00 bits per heavy atom. The first-order valence-corrected chi connectivity index (χ1v) is 5.03. The van der Waals surface area contributed by atoms with Gasteiger partial charge < -0.3 is 30.5 Å². The van der Waals surface area contributed by atoms with Crippen molar-refractivity contribution in [2.24, 2.45) is 5.92 Å². The van der Waals surface area contributed by atoms with E-state index in [1.54, 1.807) is 0 Å². The van der Waals surface area contributed by atoms with Crippen molar-refractivity contribution in [2.75, 3.05) is 6.54 Å². The number of rotatable bonds is 4. The predicted octanol–water partition coefficient (Wildman–Crippen LogP) is -2.74. The summed E-state index contributed by atoms with van der Waals surface area (Å²) in [6, 6.07) is 0. The number of hydrogen-bond acceptors (Lipinski definition) is 6. The van der Waals surface area contributed by atoms with E-state index in [1.807, 2.05) is 5.32 Å². The van der Waals surface area contributed by atoms with Crippen LogP contribution in [0.3, 0.4) is 0 Å². The minimum absolute atomic E-state index is 0.623. The molecule has 5 unspecified atom stereocenters. The summed E-state index contributed by atoms with van der Waals surface area (Å²) in [7, 11) is 0. The average Bonchev–Trinajstić information content (AvgIpc) is 2.52. The largest absolute Gasteiger partial charge is 0.480 e. The molecule has 0 bridgehead atoms. The van der Waals surface area contributed by atoms with Crippen LogP contribution in [0.15, 0.2) is 0 Å². The molecule has 0 radical (unpaired) electrons. The third-order valence-corrected chi connectivity index (χ3v) is 2.64. The van der Waals surface area contributed by atoms with Gasteiger partial charge in [0.1, 0.15) is 18.8 Å². The zero-order chi connectivity index (χ0) is 13.2. The summed E-state index contributed by atoms with van der Waals surface area (Å²) in [5.41, 5.74) is 0. The van der Waals surface area contributed by atoms with Crippen LogP contribution in [0.2, 0.25) is 0 Å². The minimum atomic E-state index is -1.64. The van der Waals surface area contributed by atoms with Crippen molar-refractivity contribution in [2.45, 2.75) is 31.5 Å². The van der Waals surface area contributed by atoms with Crippen molar-refractivity contribution in [3.8, 4) is 0 Å². The van der Waals surface area contributed by atoms with Crippen LogP contribution in [0.4, 0.5) is 0 Å². The van der Waals surface area contributed by atoms with Crippen LogP contribution in [0, 0.1) is 5.92 Å². The highest BCUT2D eigenvalue weighted by atomic mass is 16.6. The van der Waals surface area contributed by atoms with Gasteiger partial charge in [-0.25, -0.2) is 0 Å². The molecular formula is C9H15NO7. The SMILES string of the molecule is CC1C(O)C(O)OC1C(O)C(=O)NCC(=O)O. The number of carbonyl (C=O) groups is 2. The molecular weight excluding hydrogens is 234 g/mol. The molecule has 1 fully saturated rings. The van der Waals surface area contributed by atoms with E-state index in [-0.39, 0.29) is 0 Å². The standard InChI is InChI=1S/C9H15NO7/c1-3-5(13)9(16)17-7(3)6(14)8(15)10-2-4(11)12/h3,5-7,9,13-14,16H,2H2,1H3,(H,10,15)(H,11,12). The maximum atomic E-state index is 11.3. The Balaban J connectivity index is 2.55. The number of nitrogens with one attached hydrogen (secondary N) is 1. The Bertz CT molecular complexity index is 308. The second kappa shape index (κ2) is 5.41. The summed E-state index contributed by atoms with van der Waals surface area (Å²) in [6.07, 6.45) is -5.37. The monoisotopic (exact) mass is 249 g/mol. The van der Waals surface area contributed by atoms with E-state index < -0.39 is 48.9 Å². The normalized spacial score (nSPS) is 34.4. The fraction of sp³-hybridized carbons (Fsp3) is 0.778. The molecule has 5 N–H and O–H groups in total. The highest BCUT2D eigenvalue weighted by molar-refractivity contribution is 5.84. The van der Waals surface area contributed by atoms with E-state index in [4.69, 9.17) is 9.84 Å². The summed E-state index contributed by atoms with van der Waals surface area (Å²) in [5.74, 6) is -2.81.